The maximum atomic E-state index is 12.3. The normalized spacial score (nSPS) is 23.0. The van der Waals surface area contributed by atoms with Crippen LogP contribution in [0.1, 0.15) is 18.9 Å². The third-order valence-corrected chi connectivity index (χ3v) is 3.40. The Morgan fingerprint density at radius 2 is 2.32 bits per heavy atom. The fourth-order valence-electron chi connectivity index (χ4n) is 2.01. The molecule has 1 atom stereocenters. The minimum Gasteiger partial charge on any atom is -0.434 e. The van der Waals surface area contributed by atoms with Crippen LogP contribution in [0.25, 0.3) is 0 Å². The minimum absolute atomic E-state index is 0.135. The van der Waals surface area contributed by atoms with E-state index < -0.39 is 6.61 Å². The van der Waals surface area contributed by atoms with Gasteiger partial charge in [0.1, 0.15) is 5.75 Å². The van der Waals surface area contributed by atoms with Crippen LogP contribution >= 0.6 is 11.6 Å². The van der Waals surface area contributed by atoms with Crippen LogP contribution < -0.4 is 10.1 Å². The van der Waals surface area contributed by atoms with Crippen molar-refractivity contribution in [1.82, 2.24) is 5.32 Å². The Kier molecular flexibility index (Phi) is 4.60. The van der Waals surface area contributed by atoms with Crippen LogP contribution in [0.15, 0.2) is 18.2 Å². The van der Waals surface area contributed by atoms with Gasteiger partial charge in [-0.3, -0.25) is 0 Å². The SMILES string of the molecule is CC1(NCc2cc(Cl)ccc2OC(F)F)CCOC1. The highest BCUT2D eigenvalue weighted by atomic mass is 35.5. The van der Waals surface area contributed by atoms with E-state index in [2.05, 4.69) is 10.1 Å². The van der Waals surface area contributed by atoms with Gasteiger partial charge < -0.3 is 14.8 Å². The number of benzene rings is 1. The Balaban J connectivity index is 2.07. The van der Waals surface area contributed by atoms with Crippen LogP contribution in [0.3, 0.4) is 0 Å². The molecule has 0 aliphatic carbocycles. The highest BCUT2D eigenvalue weighted by Crippen LogP contribution is 2.26. The fraction of sp³-hybridized carbons (Fsp3) is 0.538. The number of halogens is 3. The van der Waals surface area contributed by atoms with Gasteiger partial charge in [-0.15, -0.1) is 0 Å². The summed E-state index contributed by atoms with van der Waals surface area (Å²) in [4.78, 5) is 0. The molecular weight excluding hydrogens is 276 g/mol. The summed E-state index contributed by atoms with van der Waals surface area (Å²) in [6.45, 7) is 0.920. The predicted molar refractivity (Wildman–Crippen MR) is 68.8 cm³/mol. The van der Waals surface area contributed by atoms with Crippen molar-refractivity contribution >= 4 is 11.6 Å². The lowest BCUT2D eigenvalue weighted by atomic mass is 10.0. The summed E-state index contributed by atoms with van der Waals surface area (Å²) in [5.74, 6) is 0.148. The number of alkyl halides is 2. The van der Waals surface area contributed by atoms with Crippen LogP contribution in [0.5, 0.6) is 5.75 Å². The molecule has 6 heteroatoms. The maximum Gasteiger partial charge on any atom is 0.387 e. The van der Waals surface area contributed by atoms with Gasteiger partial charge in [0.2, 0.25) is 0 Å². The predicted octanol–water partition coefficient (Wildman–Crippen LogP) is 3.21. The van der Waals surface area contributed by atoms with Crippen LogP contribution in [-0.2, 0) is 11.3 Å². The summed E-state index contributed by atoms with van der Waals surface area (Å²) in [7, 11) is 0. The molecule has 19 heavy (non-hydrogen) atoms. The molecule has 0 aromatic heterocycles. The molecule has 1 aliphatic heterocycles. The lowest BCUT2D eigenvalue weighted by Gasteiger charge is -2.24. The molecule has 0 bridgehead atoms. The largest absolute Gasteiger partial charge is 0.434 e. The van der Waals surface area contributed by atoms with Gasteiger partial charge in [-0.25, -0.2) is 0 Å². The van der Waals surface area contributed by atoms with E-state index >= 15 is 0 Å². The molecule has 0 radical (unpaired) electrons. The second-order valence-electron chi connectivity index (χ2n) is 4.85. The van der Waals surface area contributed by atoms with Gasteiger partial charge in [0.25, 0.3) is 0 Å². The van der Waals surface area contributed by atoms with Gasteiger partial charge in [0.15, 0.2) is 0 Å². The highest BCUT2D eigenvalue weighted by Gasteiger charge is 2.29. The molecule has 1 heterocycles. The quantitative estimate of drug-likeness (QED) is 0.903. The Hall–Kier alpha value is -0.910. The maximum absolute atomic E-state index is 12.3. The molecule has 1 fully saturated rings. The standard InChI is InChI=1S/C13H16ClF2NO2/c1-13(4-5-18-8-13)17-7-9-6-10(14)2-3-11(9)19-12(15)16/h2-3,6,12,17H,4-5,7-8H2,1H3. The molecule has 1 aromatic carbocycles. The van der Waals surface area contributed by atoms with Gasteiger partial charge in [-0.05, 0) is 31.5 Å². The van der Waals surface area contributed by atoms with E-state index in [1.54, 1.807) is 6.07 Å². The molecule has 1 aliphatic rings. The molecule has 106 valence electrons. The Morgan fingerprint density at radius 3 is 2.95 bits per heavy atom. The fourth-order valence-corrected chi connectivity index (χ4v) is 2.21. The van der Waals surface area contributed by atoms with Crippen molar-refractivity contribution in [2.45, 2.75) is 32.0 Å². The van der Waals surface area contributed by atoms with Crippen molar-refractivity contribution in [2.24, 2.45) is 0 Å². The third-order valence-electron chi connectivity index (χ3n) is 3.16. The van der Waals surface area contributed by atoms with Crippen molar-refractivity contribution in [1.29, 1.82) is 0 Å². The zero-order valence-electron chi connectivity index (χ0n) is 10.6. The average molecular weight is 292 g/mol. The summed E-state index contributed by atoms with van der Waals surface area (Å²) in [6.07, 6.45) is 0.888. The molecule has 1 N–H and O–H groups in total. The van der Waals surface area contributed by atoms with Crippen molar-refractivity contribution in [2.75, 3.05) is 13.2 Å². The first-order valence-electron chi connectivity index (χ1n) is 6.04. The molecule has 2 rings (SSSR count). The molecule has 3 nitrogen and oxygen atoms in total. The molecule has 0 saturated carbocycles. The summed E-state index contributed by atoms with van der Waals surface area (Å²) < 4.78 is 34.5. The monoisotopic (exact) mass is 291 g/mol. The number of hydrogen-bond donors (Lipinski definition) is 1. The number of hydrogen-bond acceptors (Lipinski definition) is 3. The highest BCUT2D eigenvalue weighted by molar-refractivity contribution is 6.30. The lowest BCUT2D eigenvalue weighted by molar-refractivity contribution is -0.0505. The van der Waals surface area contributed by atoms with E-state index in [1.807, 2.05) is 6.92 Å². The van der Waals surface area contributed by atoms with Gasteiger partial charge in [-0.2, -0.15) is 8.78 Å². The number of rotatable bonds is 5. The van der Waals surface area contributed by atoms with Gasteiger partial charge in [0, 0.05) is 29.3 Å². The Labute approximate surface area is 115 Å². The van der Waals surface area contributed by atoms with Crippen LogP contribution in [0.4, 0.5) is 8.78 Å². The molecule has 1 saturated heterocycles. The van der Waals surface area contributed by atoms with Crippen molar-refractivity contribution in [3.63, 3.8) is 0 Å². The zero-order valence-corrected chi connectivity index (χ0v) is 11.3. The first kappa shape index (κ1) is 14.5. The smallest absolute Gasteiger partial charge is 0.387 e. The third kappa shape index (κ3) is 4.03. The summed E-state index contributed by atoms with van der Waals surface area (Å²) >= 11 is 5.89. The Bertz CT molecular complexity index is 437. The van der Waals surface area contributed by atoms with E-state index in [1.165, 1.54) is 12.1 Å². The zero-order chi connectivity index (χ0) is 13.9. The van der Waals surface area contributed by atoms with Crippen LogP contribution in [0.2, 0.25) is 5.02 Å². The first-order chi connectivity index (χ1) is 8.98. The number of ether oxygens (including phenoxy) is 2. The lowest BCUT2D eigenvalue weighted by Crippen LogP contribution is -2.42. The molecule has 0 spiro atoms. The summed E-state index contributed by atoms with van der Waals surface area (Å²) in [5, 5.41) is 3.80. The van der Waals surface area contributed by atoms with Crippen molar-refractivity contribution in [3.8, 4) is 5.75 Å². The molecule has 1 aromatic rings. The molecule has 1 unspecified atom stereocenters. The van der Waals surface area contributed by atoms with E-state index in [4.69, 9.17) is 16.3 Å². The minimum atomic E-state index is -2.84. The van der Waals surface area contributed by atoms with E-state index in [9.17, 15) is 8.78 Å². The second kappa shape index (κ2) is 6.03. The molecular formula is C13H16ClF2NO2. The van der Waals surface area contributed by atoms with Crippen LogP contribution in [-0.4, -0.2) is 25.4 Å². The van der Waals surface area contributed by atoms with Gasteiger partial charge in [0.05, 0.1) is 6.61 Å². The second-order valence-corrected chi connectivity index (χ2v) is 5.28. The van der Waals surface area contributed by atoms with Crippen LogP contribution in [0, 0.1) is 0 Å². The van der Waals surface area contributed by atoms with Crippen molar-refractivity contribution < 1.29 is 18.3 Å². The Morgan fingerprint density at radius 1 is 1.53 bits per heavy atom. The van der Waals surface area contributed by atoms with Gasteiger partial charge in [-0.1, -0.05) is 11.6 Å². The van der Waals surface area contributed by atoms with E-state index in [-0.39, 0.29) is 11.3 Å². The summed E-state index contributed by atoms with van der Waals surface area (Å²) in [6, 6.07) is 4.62. The van der Waals surface area contributed by atoms with Crippen molar-refractivity contribution in [3.05, 3.63) is 28.8 Å². The van der Waals surface area contributed by atoms with E-state index in [0.29, 0.717) is 30.3 Å². The summed E-state index contributed by atoms with van der Waals surface area (Å²) in [5.41, 5.74) is 0.477. The number of nitrogens with one attached hydrogen (secondary N) is 1. The topological polar surface area (TPSA) is 30.5 Å². The average Bonchev–Trinajstić information content (AvgIpc) is 2.77. The molecule has 0 amide bonds. The first-order valence-corrected chi connectivity index (χ1v) is 6.42. The van der Waals surface area contributed by atoms with Gasteiger partial charge >= 0.3 is 6.61 Å². The van der Waals surface area contributed by atoms with E-state index in [0.717, 1.165) is 6.42 Å².